The maximum atomic E-state index is 16.3. The van der Waals surface area contributed by atoms with Crippen molar-refractivity contribution in [2.75, 3.05) is 63.9 Å². The quantitative estimate of drug-likeness (QED) is 0.170. The summed E-state index contributed by atoms with van der Waals surface area (Å²) in [5, 5.41) is 13.7. The molecule has 60 heavy (non-hydrogen) atoms. The van der Waals surface area contributed by atoms with Crippen LogP contribution in [0.4, 0.5) is 14.9 Å². The Morgan fingerprint density at radius 1 is 1.02 bits per heavy atom. The Balaban J connectivity index is 0.764. The number of piperidine rings is 2. The number of nitrogens with one attached hydrogen (secondary N) is 3. The van der Waals surface area contributed by atoms with E-state index in [1.165, 1.54) is 0 Å². The van der Waals surface area contributed by atoms with E-state index >= 15 is 4.39 Å². The number of ether oxygens (including phenoxy) is 1. The maximum absolute atomic E-state index is 16.3. The van der Waals surface area contributed by atoms with Gasteiger partial charge in [0.25, 0.3) is 5.91 Å². The first kappa shape index (κ1) is 39.3. The van der Waals surface area contributed by atoms with Crippen LogP contribution in [-0.4, -0.2) is 112 Å². The van der Waals surface area contributed by atoms with E-state index in [0.29, 0.717) is 87.0 Å². The number of halogens is 1. The van der Waals surface area contributed by atoms with Crippen LogP contribution in [0.3, 0.4) is 0 Å². The second-order valence-corrected chi connectivity index (χ2v) is 16.5. The molecule has 1 atom stereocenters. The number of urea groups is 1. The van der Waals surface area contributed by atoms with E-state index in [0.717, 1.165) is 53.8 Å². The third-order valence-electron chi connectivity index (χ3n) is 12.6. The number of pyridine rings is 1. The third kappa shape index (κ3) is 7.84. The van der Waals surface area contributed by atoms with Gasteiger partial charge in [-0.1, -0.05) is 24.3 Å². The molecular weight excluding hydrogens is 768 g/mol. The van der Waals surface area contributed by atoms with Gasteiger partial charge in [-0.05, 0) is 67.3 Å². The molecule has 0 aliphatic carbocycles. The zero-order chi connectivity index (χ0) is 41.5. The number of carbonyl (C=O) groups excluding carboxylic acids is 3. The molecule has 0 spiro atoms. The Morgan fingerprint density at radius 2 is 1.78 bits per heavy atom. The molecule has 16 heteroatoms. The van der Waals surface area contributed by atoms with Crippen LogP contribution in [0, 0.1) is 6.92 Å². The average molecular weight is 819 g/mol. The lowest BCUT2D eigenvalue weighted by atomic mass is 9.91. The maximum Gasteiger partial charge on any atom is 0.328 e. The highest BCUT2D eigenvalue weighted by Crippen LogP contribution is 2.35. The molecule has 7 heterocycles. The summed E-state index contributed by atoms with van der Waals surface area (Å²) in [5.41, 5.74) is 17.3. The number of carbonyl (C=O) groups is 3. The Morgan fingerprint density at radius 3 is 2.53 bits per heavy atom. The number of nitrogens with zero attached hydrogens (tertiary/aromatic N) is 6. The number of likely N-dealkylation sites (tertiary alicyclic amines) is 2. The second kappa shape index (κ2) is 16.1. The second-order valence-electron chi connectivity index (χ2n) is 16.5. The summed E-state index contributed by atoms with van der Waals surface area (Å²) in [6, 6.07) is 16.4. The SMILES string of the molecule is Cc1cn(C2CCN(CC3(F)CCN(C(=O)c4ccc([C@@H]5CN(C6=C(N)NNC(c7ccccc7O)=C6)CCO5)cc4)CC3)CC2)c2ncc(N3CCC(=O)NC3=O)cc12. The van der Waals surface area contributed by atoms with Crippen LogP contribution in [-0.2, 0) is 9.53 Å². The summed E-state index contributed by atoms with van der Waals surface area (Å²) >= 11 is 0. The molecule has 0 bridgehead atoms. The van der Waals surface area contributed by atoms with Crippen LogP contribution in [0.5, 0.6) is 5.75 Å². The minimum atomic E-state index is -1.36. The molecule has 2 aromatic heterocycles. The van der Waals surface area contributed by atoms with Crippen molar-refractivity contribution in [3.05, 3.63) is 107 Å². The minimum Gasteiger partial charge on any atom is -0.507 e. The first-order valence-electron chi connectivity index (χ1n) is 20.8. The fourth-order valence-electron chi connectivity index (χ4n) is 9.19. The van der Waals surface area contributed by atoms with E-state index in [-0.39, 0.29) is 36.1 Å². The highest BCUT2D eigenvalue weighted by molar-refractivity contribution is 6.06. The lowest BCUT2D eigenvalue weighted by molar-refractivity contribution is -0.120. The number of para-hydroxylation sites is 1. The number of aryl methyl sites for hydroxylation is 1. The molecule has 6 N–H and O–H groups in total. The van der Waals surface area contributed by atoms with Crippen molar-refractivity contribution < 1.29 is 28.6 Å². The number of anilines is 1. The predicted octanol–water partition coefficient (Wildman–Crippen LogP) is 4.43. The molecule has 15 nitrogen and oxygen atoms in total. The smallest absolute Gasteiger partial charge is 0.328 e. The van der Waals surface area contributed by atoms with E-state index < -0.39 is 11.7 Å². The number of hydrazine groups is 1. The number of aromatic hydroxyl groups is 1. The molecule has 4 saturated heterocycles. The Bertz CT molecular complexity index is 2360. The van der Waals surface area contributed by atoms with Gasteiger partial charge in [0, 0.05) is 100 Å². The molecule has 4 amide bonds. The van der Waals surface area contributed by atoms with Gasteiger partial charge in [-0.2, -0.15) is 0 Å². The number of hydrogen-bond acceptors (Lipinski definition) is 11. The molecular formula is C44H51FN10O5. The molecule has 5 aliphatic heterocycles. The molecule has 314 valence electrons. The van der Waals surface area contributed by atoms with E-state index in [1.54, 1.807) is 28.1 Å². The highest BCUT2D eigenvalue weighted by Gasteiger charge is 2.39. The van der Waals surface area contributed by atoms with Crippen LogP contribution in [0.25, 0.3) is 16.7 Å². The number of fused-ring (bicyclic) bond motifs is 1. The normalized spacial score (nSPS) is 21.7. The van der Waals surface area contributed by atoms with Crippen molar-refractivity contribution in [3.8, 4) is 5.75 Å². The molecule has 0 saturated carbocycles. The highest BCUT2D eigenvalue weighted by atomic mass is 19.1. The zero-order valence-electron chi connectivity index (χ0n) is 33.7. The average Bonchev–Trinajstić information content (AvgIpc) is 3.59. The number of phenols is 1. The van der Waals surface area contributed by atoms with Gasteiger partial charge in [0.05, 0.1) is 29.9 Å². The molecule has 2 aromatic carbocycles. The van der Waals surface area contributed by atoms with E-state index in [2.05, 4.69) is 36.7 Å². The number of benzene rings is 2. The summed E-state index contributed by atoms with van der Waals surface area (Å²) in [7, 11) is 0. The fourth-order valence-corrected chi connectivity index (χ4v) is 9.19. The van der Waals surface area contributed by atoms with Gasteiger partial charge >= 0.3 is 6.03 Å². The number of phenolic OH excluding ortho intramolecular Hbond substituents is 1. The van der Waals surface area contributed by atoms with Crippen molar-refractivity contribution in [1.29, 1.82) is 0 Å². The van der Waals surface area contributed by atoms with Crippen LogP contribution < -0.4 is 26.8 Å². The number of nitrogens with two attached hydrogens (primary N) is 1. The van der Waals surface area contributed by atoms with Gasteiger partial charge in [0.15, 0.2) is 0 Å². The lowest BCUT2D eigenvalue weighted by Gasteiger charge is -2.41. The summed E-state index contributed by atoms with van der Waals surface area (Å²) in [6.45, 7) is 6.64. The number of amides is 4. The Hall–Kier alpha value is -6.13. The van der Waals surface area contributed by atoms with Crippen molar-refractivity contribution >= 4 is 40.3 Å². The number of allylic oxidation sites excluding steroid dienone is 1. The predicted molar refractivity (Wildman–Crippen MR) is 224 cm³/mol. The van der Waals surface area contributed by atoms with Crippen LogP contribution >= 0.6 is 0 Å². The monoisotopic (exact) mass is 818 g/mol. The first-order valence-corrected chi connectivity index (χ1v) is 20.8. The van der Waals surface area contributed by atoms with Gasteiger partial charge in [0.1, 0.15) is 29.0 Å². The molecule has 4 aromatic rings. The van der Waals surface area contributed by atoms with Gasteiger partial charge in [-0.25, -0.2) is 14.2 Å². The van der Waals surface area contributed by atoms with Crippen LogP contribution in [0.1, 0.15) is 71.3 Å². The molecule has 0 radical (unpaired) electrons. The minimum absolute atomic E-state index is 0.0968. The van der Waals surface area contributed by atoms with Crippen molar-refractivity contribution in [1.82, 2.24) is 40.4 Å². The number of morpholine rings is 1. The first-order chi connectivity index (χ1) is 29.0. The summed E-state index contributed by atoms with van der Waals surface area (Å²) in [6.07, 6.45) is 8.06. The number of imide groups is 1. The van der Waals surface area contributed by atoms with Crippen LogP contribution in [0.15, 0.2) is 84.6 Å². The summed E-state index contributed by atoms with van der Waals surface area (Å²) in [5.74, 6) is 0.266. The van der Waals surface area contributed by atoms with Crippen molar-refractivity contribution in [2.45, 2.75) is 56.8 Å². The number of aromatic nitrogens is 2. The van der Waals surface area contributed by atoms with Crippen molar-refractivity contribution in [3.63, 3.8) is 0 Å². The van der Waals surface area contributed by atoms with E-state index in [1.807, 2.05) is 55.5 Å². The van der Waals surface area contributed by atoms with E-state index in [9.17, 15) is 19.5 Å². The molecule has 5 aliphatic rings. The Labute approximate surface area is 347 Å². The number of alkyl halides is 1. The largest absolute Gasteiger partial charge is 0.507 e. The fraction of sp³-hybridized carbons (Fsp3) is 0.409. The standard InChI is InChI=1S/C44H51FN10O5/c1-28-25-55(41-34(28)22-32(24-47-41)54-17-12-39(57)48-43(54)59)31-10-15-51(16-11-31)27-44(45)13-18-52(19-14-44)42(58)30-8-6-29(7-9-30)38-26-53(20-21-60-38)36-23-35(49-50-40(36)46)33-4-2-3-5-37(33)56/h2-9,22-25,31,38,49-50,56H,10-21,26-27,46H2,1H3,(H,48,57,59)/t38-/m0/s1. The van der Waals surface area contributed by atoms with Crippen molar-refractivity contribution in [2.24, 2.45) is 5.73 Å². The number of hydrogen-bond donors (Lipinski definition) is 5. The number of rotatable bonds is 8. The molecule has 0 unspecified atom stereocenters. The Kier molecular flexibility index (Phi) is 10.6. The van der Waals surface area contributed by atoms with Gasteiger partial charge in [-0.15, -0.1) is 0 Å². The zero-order valence-corrected chi connectivity index (χ0v) is 33.7. The summed E-state index contributed by atoms with van der Waals surface area (Å²) < 4.78 is 24.7. The summed E-state index contributed by atoms with van der Waals surface area (Å²) in [4.78, 5) is 50.1. The van der Waals surface area contributed by atoms with Gasteiger partial charge in [0.2, 0.25) is 5.91 Å². The molecule has 9 rings (SSSR count). The van der Waals surface area contributed by atoms with Crippen LogP contribution in [0.2, 0.25) is 0 Å². The van der Waals surface area contributed by atoms with Gasteiger partial charge < -0.3 is 34.8 Å². The lowest BCUT2D eigenvalue weighted by Crippen LogP contribution is -2.51. The van der Waals surface area contributed by atoms with E-state index in [4.69, 9.17) is 15.5 Å². The molecule has 4 fully saturated rings. The van der Waals surface area contributed by atoms with Gasteiger partial charge in [-0.3, -0.25) is 30.7 Å². The third-order valence-corrected chi connectivity index (χ3v) is 12.6. The topological polar surface area (TPSA) is 174 Å².